The Kier molecular flexibility index (Phi) is 3.83. The lowest BCUT2D eigenvalue weighted by Crippen LogP contribution is -2.05. The Labute approximate surface area is 148 Å². The Morgan fingerprint density at radius 2 is 1.73 bits per heavy atom. The van der Waals surface area contributed by atoms with Gasteiger partial charge in [-0.15, -0.1) is 0 Å². The third kappa shape index (κ3) is 2.98. The van der Waals surface area contributed by atoms with E-state index < -0.39 is 11.7 Å². The molecule has 132 valence electrons. The first kappa shape index (κ1) is 16.4. The highest BCUT2D eigenvalue weighted by Crippen LogP contribution is 2.32. The van der Waals surface area contributed by atoms with Crippen LogP contribution in [0.4, 0.5) is 19.1 Å². The molecule has 0 saturated heterocycles. The zero-order valence-electron chi connectivity index (χ0n) is 14.0. The average Bonchev–Trinajstić information content (AvgIpc) is 2.94. The van der Waals surface area contributed by atoms with E-state index in [4.69, 9.17) is 0 Å². The molecular formula is C20H16F3N3. The van der Waals surface area contributed by atoms with E-state index in [0.717, 1.165) is 23.1 Å². The maximum Gasteiger partial charge on any atom is 0.416 e. The van der Waals surface area contributed by atoms with E-state index in [1.807, 2.05) is 24.3 Å². The molecule has 0 fully saturated rings. The number of alkyl halides is 3. The van der Waals surface area contributed by atoms with Crippen LogP contribution >= 0.6 is 0 Å². The van der Waals surface area contributed by atoms with Gasteiger partial charge in [0.1, 0.15) is 0 Å². The number of fused-ring (bicyclic) bond motifs is 2. The molecule has 0 amide bonds. The fraction of sp³-hybridized carbons (Fsp3) is 0.150. The molecular weight excluding hydrogens is 339 g/mol. The highest BCUT2D eigenvalue weighted by atomic mass is 19.4. The van der Waals surface area contributed by atoms with Crippen molar-refractivity contribution in [3.63, 3.8) is 0 Å². The van der Waals surface area contributed by atoms with Crippen LogP contribution in [0.25, 0.3) is 21.8 Å². The molecule has 6 heteroatoms. The molecule has 1 N–H and O–H groups in total. The summed E-state index contributed by atoms with van der Waals surface area (Å²) >= 11 is 0. The number of hydrogen-bond donors (Lipinski definition) is 1. The summed E-state index contributed by atoms with van der Waals surface area (Å²) in [6, 6.07) is 17.9. The van der Waals surface area contributed by atoms with Crippen LogP contribution in [0.1, 0.15) is 11.1 Å². The van der Waals surface area contributed by atoms with Crippen molar-refractivity contribution < 1.29 is 13.2 Å². The van der Waals surface area contributed by atoms with Crippen molar-refractivity contribution in [1.29, 1.82) is 0 Å². The number of hydrogen-bond acceptors (Lipinski definition) is 2. The number of benzene rings is 3. The van der Waals surface area contributed by atoms with Crippen LogP contribution in [0, 0.1) is 0 Å². The van der Waals surface area contributed by atoms with E-state index in [1.165, 1.54) is 11.5 Å². The molecule has 26 heavy (non-hydrogen) atoms. The highest BCUT2D eigenvalue weighted by Gasteiger charge is 2.31. The van der Waals surface area contributed by atoms with E-state index in [1.54, 1.807) is 11.6 Å². The number of nitrogens with zero attached hydrogens (tertiary/aromatic N) is 2. The first-order chi connectivity index (χ1) is 12.4. The molecule has 4 rings (SSSR count). The second kappa shape index (κ2) is 6.05. The predicted octanol–water partition coefficient (Wildman–Crippen LogP) is 5.36. The predicted molar refractivity (Wildman–Crippen MR) is 97.0 cm³/mol. The van der Waals surface area contributed by atoms with Gasteiger partial charge < -0.3 is 9.88 Å². The quantitative estimate of drug-likeness (QED) is 0.536. The van der Waals surface area contributed by atoms with Crippen molar-refractivity contribution in [2.24, 2.45) is 7.05 Å². The molecule has 0 bridgehead atoms. The fourth-order valence-electron chi connectivity index (χ4n) is 3.06. The number of rotatable bonds is 3. The second-order valence-corrected chi connectivity index (χ2v) is 6.23. The summed E-state index contributed by atoms with van der Waals surface area (Å²) in [5, 5.41) is 5.52. The summed E-state index contributed by atoms with van der Waals surface area (Å²) in [6.07, 6.45) is -4.37. The molecule has 3 aromatic carbocycles. The van der Waals surface area contributed by atoms with Gasteiger partial charge in [-0.05, 0) is 40.6 Å². The van der Waals surface area contributed by atoms with E-state index in [2.05, 4.69) is 28.5 Å². The van der Waals surface area contributed by atoms with Gasteiger partial charge in [-0.2, -0.15) is 13.2 Å². The van der Waals surface area contributed by atoms with Crippen LogP contribution in [-0.2, 0) is 19.8 Å². The normalized spacial score (nSPS) is 12.0. The zero-order valence-corrected chi connectivity index (χ0v) is 14.0. The van der Waals surface area contributed by atoms with Crippen molar-refractivity contribution >= 4 is 27.8 Å². The van der Waals surface area contributed by atoms with Crippen LogP contribution in [0.15, 0.2) is 60.7 Å². The largest absolute Gasteiger partial charge is 0.416 e. The van der Waals surface area contributed by atoms with Crippen molar-refractivity contribution in [3.05, 3.63) is 71.8 Å². The van der Waals surface area contributed by atoms with Crippen LogP contribution in [0.2, 0.25) is 0 Å². The molecule has 0 aliphatic carbocycles. The summed E-state index contributed by atoms with van der Waals surface area (Å²) < 4.78 is 40.4. The fourth-order valence-corrected chi connectivity index (χ4v) is 3.06. The smallest absolute Gasteiger partial charge is 0.352 e. The number of imidazole rings is 1. The van der Waals surface area contributed by atoms with Gasteiger partial charge in [-0.1, -0.05) is 36.4 Å². The van der Waals surface area contributed by atoms with Crippen LogP contribution in [0.3, 0.4) is 0 Å². The molecule has 1 aromatic heterocycles. The Morgan fingerprint density at radius 3 is 2.50 bits per heavy atom. The van der Waals surface area contributed by atoms with Gasteiger partial charge in [-0.3, -0.25) is 0 Å². The van der Waals surface area contributed by atoms with E-state index in [-0.39, 0.29) is 0 Å². The molecule has 4 aromatic rings. The van der Waals surface area contributed by atoms with Crippen molar-refractivity contribution in [2.75, 3.05) is 5.32 Å². The molecule has 0 aliphatic heterocycles. The summed E-state index contributed by atoms with van der Waals surface area (Å²) in [7, 11) is 1.78. The van der Waals surface area contributed by atoms with E-state index in [0.29, 0.717) is 23.5 Å². The number of nitrogens with one attached hydrogen (secondary N) is 1. The first-order valence-electron chi connectivity index (χ1n) is 8.17. The standard InChI is InChI=1S/C20H16F3N3/c1-26-18-9-8-16(20(21,22)23)11-17(18)25-19(26)24-12-13-6-7-14-4-2-3-5-15(14)10-13/h2-11H,12H2,1H3,(H,24,25). The molecule has 0 aliphatic rings. The van der Waals surface area contributed by atoms with E-state index in [9.17, 15) is 13.2 Å². The number of anilines is 1. The zero-order chi connectivity index (χ0) is 18.3. The highest BCUT2D eigenvalue weighted by molar-refractivity contribution is 5.83. The van der Waals surface area contributed by atoms with Gasteiger partial charge in [0.15, 0.2) is 0 Å². The maximum atomic E-state index is 12.9. The third-order valence-electron chi connectivity index (χ3n) is 4.47. The summed E-state index contributed by atoms with van der Waals surface area (Å²) in [5.41, 5.74) is 1.36. The number of aromatic nitrogens is 2. The molecule has 1 heterocycles. The van der Waals surface area contributed by atoms with Gasteiger partial charge in [0.25, 0.3) is 0 Å². The Balaban J connectivity index is 1.61. The number of aryl methyl sites for hydroxylation is 1. The molecule has 0 spiro atoms. The molecule has 0 saturated carbocycles. The van der Waals surface area contributed by atoms with Gasteiger partial charge in [0.05, 0.1) is 16.6 Å². The number of halogens is 3. The molecule has 3 nitrogen and oxygen atoms in total. The van der Waals surface area contributed by atoms with Crippen LogP contribution in [0.5, 0.6) is 0 Å². The lowest BCUT2D eigenvalue weighted by atomic mass is 10.1. The van der Waals surface area contributed by atoms with Gasteiger partial charge in [-0.25, -0.2) is 4.98 Å². The van der Waals surface area contributed by atoms with Gasteiger partial charge >= 0.3 is 6.18 Å². The van der Waals surface area contributed by atoms with Crippen molar-refractivity contribution in [2.45, 2.75) is 12.7 Å². The minimum absolute atomic E-state index is 0.323. The van der Waals surface area contributed by atoms with Crippen LogP contribution in [-0.4, -0.2) is 9.55 Å². The Hall–Kier alpha value is -3.02. The van der Waals surface area contributed by atoms with Gasteiger partial charge in [0, 0.05) is 13.6 Å². The van der Waals surface area contributed by atoms with Crippen LogP contribution < -0.4 is 5.32 Å². The summed E-state index contributed by atoms with van der Waals surface area (Å²) in [6.45, 7) is 0.536. The van der Waals surface area contributed by atoms with Crippen molar-refractivity contribution in [1.82, 2.24) is 9.55 Å². The van der Waals surface area contributed by atoms with Crippen molar-refractivity contribution in [3.8, 4) is 0 Å². The van der Waals surface area contributed by atoms with Gasteiger partial charge in [0.2, 0.25) is 5.95 Å². The Bertz CT molecular complexity index is 1100. The average molecular weight is 355 g/mol. The maximum absolute atomic E-state index is 12.9. The SMILES string of the molecule is Cn1c(NCc2ccc3ccccc3c2)nc2cc(C(F)(F)F)ccc21. The monoisotopic (exact) mass is 355 g/mol. The minimum atomic E-state index is -4.37. The molecule has 0 unspecified atom stereocenters. The summed E-state index contributed by atoms with van der Waals surface area (Å²) in [5.74, 6) is 0.535. The molecule has 0 radical (unpaired) electrons. The first-order valence-corrected chi connectivity index (χ1v) is 8.17. The third-order valence-corrected chi connectivity index (χ3v) is 4.47. The lowest BCUT2D eigenvalue weighted by Gasteiger charge is -2.08. The second-order valence-electron chi connectivity index (χ2n) is 6.23. The minimum Gasteiger partial charge on any atom is -0.352 e. The van der Waals surface area contributed by atoms with E-state index >= 15 is 0 Å². The lowest BCUT2D eigenvalue weighted by molar-refractivity contribution is -0.137. The Morgan fingerprint density at radius 1 is 0.962 bits per heavy atom. The summed E-state index contributed by atoms with van der Waals surface area (Å²) in [4.78, 5) is 4.32. The topological polar surface area (TPSA) is 29.9 Å². The molecule has 0 atom stereocenters.